The number of hydrogen-bond donors (Lipinski definition) is 1. The van der Waals surface area contributed by atoms with Gasteiger partial charge < -0.3 is 5.73 Å². The maximum absolute atomic E-state index is 9.08. The van der Waals surface area contributed by atoms with Gasteiger partial charge in [0.15, 0.2) is 0 Å². The Kier molecular flexibility index (Phi) is 4.36. The Morgan fingerprint density at radius 2 is 2.19 bits per heavy atom. The van der Waals surface area contributed by atoms with Gasteiger partial charge >= 0.3 is 0 Å². The van der Waals surface area contributed by atoms with Gasteiger partial charge in [-0.15, -0.1) is 0 Å². The summed E-state index contributed by atoms with van der Waals surface area (Å²) in [6.07, 6.45) is 3.95. The van der Waals surface area contributed by atoms with Crippen LogP contribution in [0.4, 0.5) is 5.82 Å². The molecule has 2 N–H and O–H groups in total. The molecule has 1 atom stereocenters. The molecule has 4 nitrogen and oxygen atoms in total. The van der Waals surface area contributed by atoms with Gasteiger partial charge in [0, 0.05) is 0 Å². The third kappa shape index (κ3) is 2.35. The number of aryl methyl sites for hydroxylation is 1. The number of nitriles is 1. The molecule has 0 saturated carbocycles. The molecule has 1 aromatic rings. The fourth-order valence-corrected chi connectivity index (χ4v) is 1.65. The van der Waals surface area contributed by atoms with Gasteiger partial charge in [0.05, 0.1) is 11.7 Å². The first-order chi connectivity index (χ1) is 7.65. The third-order valence-electron chi connectivity index (χ3n) is 2.91. The van der Waals surface area contributed by atoms with Crippen molar-refractivity contribution < 1.29 is 0 Å². The number of nitrogen functional groups attached to an aromatic ring is 1. The van der Waals surface area contributed by atoms with Crippen LogP contribution >= 0.6 is 0 Å². The fraction of sp³-hybridized carbons (Fsp3) is 0.667. The van der Waals surface area contributed by atoms with Gasteiger partial charge in [0.1, 0.15) is 17.5 Å². The van der Waals surface area contributed by atoms with Crippen molar-refractivity contribution in [3.63, 3.8) is 0 Å². The van der Waals surface area contributed by atoms with E-state index in [1.165, 1.54) is 0 Å². The quantitative estimate of drug-likeness (QED) is 0.829. The maximum Gasteiger partial charge on any atom is 0.140 e. The van der Waals surface area contributed by atoms with E-state index in [4.69, 9.17) is 11.0 Å². The minimum Gasteiger partial charge on any atom is -0.383 e. The summed E-state index contributed by atoms with van der Waals surface area (Å²) >= 11 is 0. The van der Waals surface area contributed by atoms with E-state index in [2.05, 4.69) is 31.9 Å². The van der Waals surface area contributed by atoms with Gasteiger partial charge in [-0.2, -0.15) is 10.4 Å². The Bertz CT molecular complexity index is 386. The first-order valence-corrected chi connectivity index (χ1v) is 5.92. The van der Waals surface area contributed by atoms with Crippen molar-refractivity contribution >= 4 is 5.82 Å². The van der Waals surface area contributed by atoms with Crippen LogP contribution in [0, 0.1) is 11.3 Å². The first kappa shape index (κ1) is 12.6. The van der Waals surface area contributed by atoms with E-state index in [0.29, 0.717) is 11.4 Å². The molecule has 0 bridgehead atoms. The summed E-state index contributed by atoms with van der Waals surface area (Å²) < 4.78 is 1.78. The Hall–Kier alpha value is -1.50. The lowest BCUT2D eigenvalue weighted by molar-refractivity contribution is 0.479. The van der Waals surface area contributed by atoms with E-state index in [1.807, 2.05) is 0 Å². The SMILES string of the molecule is CCCCc1nn([C@@H](C)CC)c(N)c1C#N. The molecule has 4 heteroatoms. The number of nitrogens with zero attached hydrogens (tertiary/aromatic N) is 3. The summed E-state index contributed by atoms with van der Waals surface area (Å²) in [6, 6.07) is 2.42. The second-order valence-corrected chi connectivity index (χ2v) is 4.12. The van der Waals surface area contributed by atoms with Crippen LogP contribution in [0.5, 0.6) is 0 Å². The highest BCUT2D eigenvalue weighted by molar-refractivity contribution is 5.52. The second-order valence-electron chi connectivity index (χ2n) is 4.12. The average Bonchev–Trinajstić information content (AvgIpc) is 2.62. The molecule has 0 aliphatic carbocycles. The van der Waals surface area contributed by atoms with E-state index < -0.39 is 0 Å². The normalized spacial score (nSPS) is 12.4. The summed E-state index contributed by atoms with van der Waals surface area (Å²) in [6.45, 7) is 6.28. The van der Waals surface area contributed by atoms with E-state index in [1.54, 1.807) is 4.68 Å². The molecule has 88 valence electrons. The molecule has 0 amide bonds. The molecular formula is C12H20N4. The van der Waals surface area contributed by atoms with Crippen molar-refractivity contribution in [2.75, 3.05) is 5.73 Å². The summed E-state index contributed by atoms with van der Waals surface area (Å²) in [5, 5.41) is 13.5. The molecule has 1 aromatic heterocycles. The van der Waals surface area contributed by atoms with E-state index in [9.17, 15) is 0 Å². The highest BCUT2D eigenvalue weighted by Gasteiger charge is 2.17. The van der Waals surface area contributed by atoms with Crippen LogP contribution in [0.25, 0.3) is 0 Å². The number of unbranched alkanes of at least 4 members (excludes halogenated alkanes) is 1. The Labute approximate surface area is 97.1 Å². The van der Waals surface area contributed by atoms with E-state index >= 15 is 0 Å². The molecule has 0 spiro atoms. The summed E-state index contributed by atoms with van der Waals surface area (Å²) in [4.78, 5) is 0. The molecule has 16 heavy (non-hydrogen) atoms. The molecule has 0 fully saturated rings. The van der Waals surface area contributed by atoms with Crippen molar-refractivity contribution in [1.82, 2.24) is 9.78 Å². The highest BCUT2D eigenvalue weighted by atomic mass is 15.3. The predicted octanol–water partition coefficient (Wildman–Crippen LogP) is 2.65. The highest BCUT2D eigenvalue weighted by Crippen LogP contribution is 2.22. The zero-order valence-electron chi connectivity index (χ0n) is 10.3. The smallest absolute Gasteiger partial charge is 0.140 e. The van der Waals surface area contributed by atoms with Crippen LogP contribution in [0.1, 0.15) is 57.3 Å². The summed E-state index contributed by atoms with van der Waals surface area (Å²) in [7, 11) is 0. The van der Waals surface area contributed by atoms with Crippen molar-refractivity contribution in [1.29, 1.82) is 5.26 Å². The van der Waals surface area contributed by atoms with Crippen LogP contribution in [0.3, 0.4) is 0 Å². The number of anilines is 1. The number of hydrogen-bond acceptors (Lipinski definition) is 3. The van der Waals surface area contributed by atoms with Gasteiger partial charge in [-0.3, -0.25) is 0 Å². The number of rotatable bonds is 5. The molecule has 0 aliphatic rings. The molecule has 0 aromatic carbocycles. The Morgan fingerprint density at radius 1 is 1.50 bits per heavy atom. The zero-order valence-corrected chi connectivity index (χ0v) is 10.3. The lowest BCUT2D eigenvalue weighted by atomic mass is 10.1. The molecule has 0 unspecified atom stereocenters. The largest absolute Gasteiger partial charge is 0.383 e. The van der Waals surface area contributed by atoms with Crippen LogP contribution in [-0.4, -0.2) is 9.78 Å². The van der Waals surface area contributed by atoms with Crippen molar-refractivity contribution in [3.8, 4) is 6.07 Å². The first-order valence-electron chi connectivity index (χ1n) is 5.92. The van der Waals surface area contributed by atoms with Gasteiger partial charge in [0.25, 0.3) is 0 Å². The van der Waals surface area contributed by atoms with Crippen molar-refractivity contribution in [2.24, 2.45) is 0 Å². The van der Waals surface area contributed by atoms with E-state index in [-0.39, 0.29) is 6.04 Å². The molecule has 0 aliphatic heterocycles. The Balaban J connectivity index is 3.06. The molecular weight excluding hydrogens is 200 g/mol. The number of nitrogens with two attached hydrogens (primary N) is 1. The Morgan fingerprint density at radius 3 is 2.69 bits per heavy atom. The minimum atomic E-state index is 0.252. The van der Waals surface area contributed by atoms with E-state index in [0.717, 1.165) is 31.4 Å². The van der Waals surface area contributed by atoms with Crippen LogP contribution in [0.15, 0.2) is 0 Å². The second kappa shape index (κ2) is 5.55. The van der Waals surface area contributed by atoms with Crippen LogP contribution in [0.2, 0.25) is 0 Å². The van der Waals surface area contributed by atoms with Gasteiger partial charge in [-0.05, 0) is 26.2 Å². The van der Waals surface area contributed by atoms with Crippen LogP contribution < -0.4 is 5.73 Å². The van der Waals surface area contributed by atoms with Gasteiger partial charge in [-0.25, -0.2) is 4.68 Å². The van der Waals surface area contributed by atoms with Gasteiger partial charge in [0.2, 0.25) is 0 Å². The van der Waals surface area contributed by atoms with Crippen molar-refractivity contribution in [3.05, 3.63) is 11.3 Å². The zero-order chi connectivity index (χ0) is 12.1. The number of aromatic nitrogens is 2. The summed E-state index contributed by atoms with van der Waals surface area (Å²) in [5.74, 6) is 0.517. The molecule has 1 heterocycles. The minimum absolute atomic E-state index is 0.252. The lowest BCUT2D eigenvalue weighted by Crippen LogP contribution is -2.09. The monoisotopic (exact) mass is 220 g/mol. The summed E-state index contributed by atoms with van der Waals surface area (Å²) in [5.41, 5.74) is 7.35. The van der Waals surface area contributed by atoms with Crippen LogP contribution in [-0.2, 0) is 6.42 Å². The van der Waals surface area contributed by atoms with Crippen molar-refractivity contribution in [2.45, 2.75) is 52.5 Å². The lowest BCUT2D eigenvalue weighted by Gasteiger charge is -2.10. The molecule has 1 rings (SSSR count). The fourth-order valence-electron chi connectivity index (χ4n) is 1.65. The predicted molar refractivity (Wildman–Crippen MR) is 65.0 cm³/mol. The maximum atomic E-state index is 9.08. The third-order valence-corrected chi connectivity index (χ3v) is 2.91. The topological polar surface area (TPSA) is 67.6 Å². The average molecular weight is 220 g/mol. The van der Waals surface area contributed by atoms with Gasteiger partial charge in [-0.1, -0.05) is 20.3 Å². The molecule has 0 radical (unpaired) electrons. The molecule has 0 saturated heterocycles. The standard InChI is InChI=1S/C12H20N4/c1-4-6-7-11-10(8-13)12(14)16(15-11)9(3)5-2/h9H,4-7,14H2,1-3H3/t9-/m0/s1.